The third kappa shape index (κ3) is 7.51. The van der Waals surface area contributed by atoms with E-state index in [-0.39, 0.29) is 36.4 Å². The van der Waals surface area contributed by atoms with Gasteiger partial charge < -0.3 is 20.1 Å². The van der Waals surface area contributed by atoms with Gasteiger partial charge in [0.15, 0.2) is 0 Å². The van der Waals surface area contributed by atoms with E-state index in [0.29, 0.717) is 48.2 Å². The average Bonchev–Trinajstić information content (AvgIpc) is 3.80. The van der Waals surface area contributed by atoms with E-state index in [1.165, 1.54) is 7.11 Å². The molecular weight excluding hydrogens is 588 g/mol. The molecule has 1 saturated carbocycles. The number of nitrogens with zero attached hydrogens (tertiary/aromatic N) is 2. The lowest BCUT2D eigenvalue weighted by Crippen LogP contribution is -2.52. The standard InChI is InChI=1S/C31H40N4O8S/c1-3-43-27-18-26(29(37)42-2)25(21-5-6-21)17-23(27)19-34-14-11-31(12-15-34)20-35(30(38)33-31)24-9-7-22(8-10-24)28(36)32-13-4-16-44(39,40)41/h7-10,17-18,21H,3-6,11-16,19-20H2,1-2H3,(H,32,36)(H,33,38)(H,39,40,41). The minimum Gasteiger partial charge on any atom is -0.494 e. The normalized spacial score (nSPS) is 18.2. The monoisotopic (exact) mass is 628 g/mol. The number of rotatable bonds is 12. The van der Waals surface area contributed by atoms with Gasteiger partial charge in [0.2, 0.25) is 0 Å². The summed E-state index contributed by atoms with van der Waals surface area (Å²) in [6.07, 6.45) is 3.79. The van der Waals surface area contributed by atoms with Gasteiger partial charge in [0.05, 0.1) is 37.1 Å². The maximum absolute atomic E-state index is 13.0. The zero-order valence-electron chi connectivity index (χ0n) is 25.1. The van der Waals surface area contributed by atoms with Crippen LogP contribution in [0, 0.1) is 0 Å². The number of hydrogen-bond acceptors (Lipinski definition) is 8. The number of benzene rings is 2. The summed E-state index contributed by atoms with van der Waals surface area (Å²) in [6, 6.07) is 10.5. The first-order chi connectivity index (χ1) is 21.0. The predicted molar refractivity (Wildman–Crippen MR) is 164 cm³/mol. The second-order valence-corrected chi connectivity index (χ2v) is 13.3. The van der Waals surface area contributed by atoms with Gasteiger partial charge in [0.25, 0.3) is 16.0 Å². The molecule has 0 aromatic heterocycles. The Kier molecular flexibility index (Phi) is 9.47. The molecule has 2 aliphatic heterocycles. The minimum absolute atomic E-state index is 0.104. The van der Waals surface area contributed by atoms with E-state index in [2.05, 4.69) is 21.6 Å². The second-order valence-electron chi connectivity index (χ2n) is 11.8. The molecule has 0 bridgehead atoms. The van der Waals surface area contributed by atoms with E-state index in [1.54, 1.807) is 29.2 Å². The van der Waals surface area contributed by atoms with Crippen LogP contribution in [0.1, 0.15) is 76.8 Å². The first-order valence-electron chi connectivity index (χ1n) is 15.0. The number of carbonyl (C=O) groups is 3. The van der Waals surface area contributed by atoms with Crippen molar-refractivity contribution in [2.75, 3.05) is 50.5 Å². The topological polar surface area (TPSA) is 155 Å². The van der Waals surface area contributed by atoms with Crippen LogP contribution in [0.15, 0.2) is 36.4 Å². The molecule has 2 heterocycles. The number of urea groups is 1. The Labute approximate surface area is 257 Å². The predicted octanol–water partition coefficient (Wildman–Crippen LogP) is 3.32. The van der Waals surface area contributed by atoms with Crippen molar-refractivity contribution in [3.05, 3.63) is 58.7 Å². The van der Waals surface area contributed by atoms with Crippen molar-refractivity contribution in [2.45, 2.75) is 57.0 Å². The van der Waals surface area contributed by atoms with Crippen molar-refractivity contribution >= 4 is 33.7 Å². The number of piperidine rings is 1. The summed E-state index contributed by atoms with van der Waals surface area (Å²) in [4.78, 5) is 42.0. The summed E-state index contributed by atoms with van der Waals surface area (Å²) in [5.74, 6) is -0.0430. The van der Waals surface area contributed by atoms with E-state index in [4.69, 9.17) is 14.0 Å². The van der Waals surface area contributed by atoms with Crippen LogP contribution in [0.3, 0.4) is 0 Å². The summed E-state index contributed by atoms with van der Waals surface area (Å²) in [6.45, 7) is 5.30. The van der Waals surface area contributed by atoms with Gasteiger partial charge in [-0.2, -0.15) is 8.42 Å². The van der Waals surface area contributed by atoms with Crippen LogP contribution in [-0.2, 0) is 21.4 Å². The molecule has 2 aromatic carbocycles. The number of carbonyl (C=O) groups excluding carboxylic acids is 3. The summed E-state index contributed by atoms with van der Waals surface area (Å²) >= 11 is 0. The lowest BCUT2D eigenvalue weighted by atomic mass is 9.88. The fourth-order valence-electron chi connectivity index (χ4n) is 6.01. The Hall–Kier alpha value is -3.68. The molecule has 12 nitrogen and oxygen atoms in total. The summed E-state index contributed by atoms with van der Waals surface area (Å²) in [5.41, 5.74) is 3.38. The first-order valence-corrected chi connectivity index (χ1v) is 16.6. The molecular formula is C31H40N4O8S. The molecule has 5 rings (SSSR count). The maximum Gasteiger partial charge on any atom is 0.338 e. The number of likely N-dealkylation sites (tertiary alicyclic amines) is 1. The fraction of sp³-hybridized carbons (Fsp3) is 0.516. The van der Waals surface area contributed by atoms with E-state index in [1.807, 2.05) is 13.0 Å². The molecule has 0 unspecified atom stereocenters. The summed E-state index contributed by atoms with van der Waals surface area (Å²) < 4.78 is 41.5. The number of nitrogens with one attached hydrogen (secondary N) is 2. The number of esters is 1. The van der Waals surface area contributed by atoms with E-state index in [0.717, 1.165) is 49.9 Å². The Morgan fingerprint density at radius 3 is 2.45 bits per heavy atom. The van der Waals surface area contributed by atoms with E-state index < -0.39 is 15.9 Å². The summed E-state index contributed by atoms with van der Waals surface area (Å²) in [5, 5.41) is 5.84. The molecule has 238 valence electrons. The number of amides is 3. The third-order valence-electron chi connectivity index (χ3n) is 8.55. The lowest BCUT2D eigenvalue weighted by molar-refractivity contribution is 0.0598. The van der Waals surface area contributed by atoms with Gasteiger partial charge in [-0.05, 0) is 86.9 Å². The maximum atomic E-state index is 13.0. The van der Waals surface area contributed by atoms with Gasteiger partial charge in [-0.25, -0.2) is 9.59 Å². The van der Waals surface area contributed by atoms with E-state index in [9.17, 15) is 22.8 Å². The fourth-order valence-corrected chi connectivity index (χ4v) is 6.52. The zero-order valence-corrected chi connectivity index (χ0v) is 26.0. The Bertz CT molecular complexity index is 1500. The van der Waals surface area contributed by atoms with Crippen LogP contribution in [0.5, 0.6) is 5.75 Å². The highest BCUT2D eigenvalue weighted by atomic mass is 32.2. The molecule has 44 heavy (non-hydrogen) atoms. The smallest absolute Gasteiger partial charge is 0.338 e. The Balaban J connectivity index is 1.19. The van der Waals surface area contributed by atoms with Crippen molar-refractivity contribution in [1.82, 2.24) is 15.5 Å². The van der Waals surface area contributed by atoms with Gasteiger partial charge in [0.1, 0.15) is 5.75 Å². The van der Waals surface area contributed by atoms with Crippen LogP contribution in [0.2, 0.25) is 0 Å². The molecule has 3 N–H and O–H groups in total. The molecule has 0 atom stereocenters. The van der Waals surface area contributed by atoms with Crippen LogP contribution < -0.4 is 20.3 Å². The quantitative estimate of drug-likeness (QED) is 0.182. The van der Waals surface area contributed by atoms with Gasteiger partial charge in [-0.15, -0.1) is 0 Å². The second kappa shape index (κ2) is 13.1. The molecule has 1 aliphatic carbocycles. The largest absolute Gasteiger partial charge is 0.494 e. The molecule has 3 amide bonds. The van der Waals surface area contributed by atoms with Gasteiger partial charge in [-0.1, -0.05) is 0 Å². The van der Waals surface area contributed by atoms with Crippen molar-refractivity contribution in [3.63, 3.8) is 0 Å². The van der Waals surface area contributed by atoms with Crippen LogP contribution in [0.4, 0.5) is 10.5 Å². The number of ether oxygens (including phenoxy) is 2. The third-order valence-corrected chi connectivity index (χ3v) is 9.35. The number of hydrogen-bond donors (Lipinski definition) is 3. The lowest BCUT2D eigenvalue weighted by Gasteiger charge is -2.39. The van der Waals surface area contributed by atoms with Crippen molar-refractivity contribution in [1.29, 1.82) is 0 Å². The van der Waals surface area contributed by atoms with Gasteiger partial charge in [0, 0.05) is 43.0 Å². The van der Waals surface area contributed by atoms with Crippen LogP contribution >= 0.6 is 0 Å². The molecule has 3 aliphatic rings. The van der Waals surface area contributed by atoms with Crippen molar-refractivity contribution in [2.24, 2.45) is 0 Å². The van der Waals surface area contributed by atoms with Crippen molar-refractivity contribution < 1.29 is 36.8 Å². The molecule has 3 fully saturated rings. The molecule has 2 aromatic rings. The first kappa shape index (κ1) is 31.7. The molecule has 13 heteroatoms. The van der Waals surface area contributed by atoms with Gasteiger partial charge >= 0.3 is 12.0 Å². The molecule has 0 radical (unpaired) electrons. The zero-order chi connectivity index (χ0) is 31.5. The highest BCUT2D eigenvalue weighted by molar-refractivity contribution is 7.85. The Morgan fingerprint density at radius 1 is 1.14 bits per heavy atom. The van der Waals surface area contributed by atoms with Crippen molar-refractivity contribution in [3.8, 4) is 5.75 Å². The average molecular weight is 629 g/mol. The molecule has 1 spiro atoms. The van der Waals surface area contributed by atoms with Crippen LogP contribution in [0.25, 0.3) is 0 Å². The molecule has 2 saturated heterocycles. The minimum atomic E-state index is -4.06. The number of methoxy groups -OCH3 is 1. The van der Waals surface area contributed by atoms with E-state index >= 15 is 0 Å². The SMILES string of the molecule is CCOc1cc(C(=O)OC)c(C2CC2)cc1CN1CCC2(CC1)CN(c1ccc(C(=O)NCCCS(=O)(=O)O)cc1)C(=O)N2. The highest BCUT2D eigenvalue weighted by Crippen LogP contribution is 2.44. The van der Waals surface area contributed by atoms with Gasteiger partial charge in [-0.3, -0.25) is 19.1 Å². The summed E-state index contributed by atoms with van der Waals surface area (Å²) in [7, 11) is -2.67. The Morgan fingerprint density at radius 2 is 1.84 bits per heavy atom. The highest BCUT2D eigenvalue weighted by Gasteiger charge is 2.45. The number of anilines is 1. The van der Waals surface area contributed by atoms with Crippen LogP contribution in [-0.4, -0.2) is 87.0 Å².